The van der Waals surface area contributed by atoms with E-state index in [9.17, 15) is 12.6 Å². The smallest absolute Gasteiger partial charge is 0.242 e. The summed E-state index contributed by atoms with van der Waals surface area (Å²) in [6.07, 6.45) is 1.66. The topological polar surface area (TPSA) is 66.5 Å². The molecule has 0 aliphatic carbocycles. The van der Waals surface area contributed by atoms with Gasteiger partial charge in [-0.05, 0) is 31.2 Å². The molecule has 19 heavy (non-hydrogen) atoms. The molecule has 0 saturated heterocycles. The van der Waals surface area contributed by atoms with Crippen LogP contribution in [0.5, 0.6) is 0 Å². The minimum absolute atomic E-state index is 0.0714. The van der Waals surface area contributed by atoms with Crippen molar-refractivity contribution >= 4 is 26.5 Å². The van der Waals surface area contributed by atoms with Gasteiger partial charge in [-0.3, -0.25) is 4.21 Å². The molecular formula is C12H20N2O3S2. The van der Waals surface area contributed by atoms with Gasteiger partial charge in [-0.2, -0.15) is 0 Å². The van der Waals surface area contributed by atoms with Gasteiger partial charge in [0.05, 0.1) is 4.90 Å². The molecule has 0 saturated carbocycles. The number of nitrogens with one attached hydrogen (secondary N) is 1. The second kappa shape index (κ2) is 6.49. The normalized spacial score (nSPS) is 15.2. The van der Waals surface area contributed by atoms with Crippen molar-refractivity contribution in [2.45, 2.75) is 17.9 Å². The van der Waals surface area contributed by atoms with E-state index in [0.29, 0.717) is 5.75 Å². The lowest BCUT2D eigenvalue weighted by molar-refractivity contribution is 0.521. The van der Waals surface area contributed by atoms with Crippen molar-refractivity contribution in [1.29, 1.82) is 0 Å². The van der Waals surface area contributed by atoms with E-state index >= 15 is 0 Å². The third-order valence-corrected chi connectivity index (χ3v) is 5.33. The zero-order valence-electron chi connectivity index (χ0n) is 11.6. The fourth-order valence-electron chi connectivity index (χ4n) is 1.61. The van der Waals surface area contributed by atoms with E-state index in [0.717, 1.165) is 5.69 Å². The fraction of sp³-hybridized carbons (Fsp3) is 0.500. The Morgan fingerprint density at radius 1 is 1.26 bits per heavy atom. The van der Waals surface area contributed by atoms with E-state index in [4.69, 9.17) is 0 Å². The van der Waals surface area contributed by atoms with Crippen LogP contribution in [0.15, 0.2) is 29.2 Å². The first-order valence-corrected chi connectivity index (χ1v) is 8.99. The Hall–Kier alpha value is -0.920. The molecule has 1 rings (SSSR count). The highest BCUT2D eigenvalue weighted by Crippen LogP contribution is 2.17. The predicted octanol–water partition coefficient (Wildman–Crippen LogP) is 1.12. The lowest BCUT2D eigenvalue weighted by atomic mass is 10.3. The summed E-state index contributed by atoms with van der Waals surface area (Å²) in [5.74, 6) is 0.553. The monoisotopic (exact) mass is 304 g/mol. The first kappa shape index (κ1) is 16.1. The molecule has 2 atom stereocenters. The van der Waals surface area contributed by atoms with Crippen LogP contribution in [0.1, 0.15) is 6.92 Å². The second-order valence-electron chi connectivity index (χ2n) is 4.60. The maximum Gasteiger partial charge on any atom is 0.242 e. The highest BCUT2D eigenvalue weighted by molar-refractivity contribution is 7.89. The van der Waals surface area contributed by atoms with Crippen LogP contribution in [0, 0.1) is 0 Å². The van der Waals surface area contributed by atoms with Gasteiger partial charge >= 0.3 is 0 Å². The number of benzene rings is 1. The van der Waals surface area contributed by atoms with Crippen LogP contribution in [0.25, 0.3) is 0 Å². The number of sulfonamides is 1. The average Bonchev–Trinajstić information content (AvgIpc) is 2.28. The molecule has 0 aromatic heterocycles. The molecule has 108 valence electrons. The van der Waals surface area contributed by atoms with Gasteiger partial charge in [0.2, 0.25) is 10.0 Å². The van der Waals surface area contributed by atoms with E-state index < -0.39 is 20.8 Å². The second-order valence-corrected chi connectivity index (χ2v) is 8.23. The summed E-state index contributed by atoms with van der Waals surface area (Å²) in [6, 6.07) is 6.62. The van der Waals surface area contributed by atoms with Crippen molar-refractivity contribution in [3.63, 3.8) is 0 Å². The molecule has 0 spiro atoms. The first-order valence-electron chi connectivity index (χ1n) is 5.82. The highest BCUT2D eigenvalue weighted by atomic mass is 32.2. The molecule has 0 bridgehead atoms. The minimum atomic E-state index is -3.38. The van der Waals surface area contributed by atoms with Gasteiger partial charge in [0.25, 0.3) is 0 Å². The Balaban J connectivity index is 2.80. The zero-order chi connectivity index (χ0) is 14.6. The molecule has 0 fully saturated rings. The van der Waals surface area contributed by atoms with Crippen LogP contribution in [-0.2, 0) is 20.8 Å². The Kier molecular flexibility index (Phi) is 5.51. The third kappa shape index (κ3) is 4.59. The Labute approximate surface area is 117 Å². The maximum atomic E-state index is 11.9. The molecular weight excluding hydrogens is 284 g/mol. The van der Waals surface area contributed by atoms with Crippen molar-refractivity contribution in [1.82, 2.24) is 4.31 Å². The molecule has 0 radical (unpaired) electrons. The number of nitrogens with zero attached hydrogens (tertiary/aromatic N) is 1. The van der Waals surface area contributed by atoms with Gasteiger partial charge in [0.1, 0.15) is 0 Å². The van der Waals surface area contributed by atoms with E-state index in [-0.39, 0.29) is 10.9 Å². The van der Waals surface area contributed by atoms with Gasteiger partial charge < -0.3 is 5.32 Å². The lowest BCUT2D eigenvalue weighted by Crippen LogP contribution is -2.23. The number of rotatable bonds is 6. The molecule has 0 amide bonds. The highest BCUT2D eigenvalue weighted by Gasteiger charge is 2.16. The van der Waals surface area contributed by atoms with Crippen molar-refractivity contribution in [3.8, 4) is 0 Å². The van der Waals surface area contributed by atoms with Crippen LogP contribution < -0.4 is 5.32 Å². The lowest BCUT2D eigenvalue weighted by Gasteiger charge is -2.15. The molecule has 1 aromatic rings. The standard InChI is InChI=1S/C12H20N2O3S2/c1-10(9-18(4)15)13-11-5-7-12(8-6-11)19(16,17)14(2)3/h5-8,10,13H,9H2,1-4H3. The summed E-state index contributed by atoms with van der Waals surface area (Å²) in [4.78, 5) is 0.259. The summed E-state index contributed by atoms with van der Waals surface area (Å²) >= 11 is 0. The molecule has 0 aliphatic heterocycles. The molecule has 0 heterocycles. The summed E-state index contributed by atoms with van der Waals surface area (Å²) < 4.78 is 36.0. The predicted molar refractivity (Wildman–Crippen MR) is 79.3 cm³/mol. The number of anilines is 1. The van der Waals surface area contributed by atoms with Crippen LogP contribution >= 0.6 is 0 Å². The van der Waals surface area contributed by atoms with Gasteiger partial charge in [-0.1, -0.05) is 0 Å². The van der Waals surface area contributed by atoms with E-state index in [1.807, 2.05) is 6.92 Å². The summed E-state index contributed by atoms with van der Waals surface area (Å²) in [7, 11) is -1.24. The number of hydrogen-bond acceptors (Lipinski definition) is 4. The van der Waals surface area contributed by atoms with Gasteiger partial charge in [-0.15, -0.1) is 0 Å². The van der Waals surface area contributed by atoms with Crippen LogP contribution in [0.2, 0.25) is 0 Å². The van der Waals surface area contributed by atoms with Crippen molar-refractivity contribution in [3.05, 3.63) is 24.3 Å². The molecule has 5 nitrogen and oxygen atoms in total. The van der Waals surface area contributed by atoms with E-state index in [1.54, 1.807) is 30.5 Å². The molecule has 7 heteroatoms. The maximum absolute atomic E-state index is 11.9. The Morgan fingerprint density at radius 3 is 2.21 bits per heavy atom. The van der Waals surface area contributed by atoms with Gasteiger partial charge in [-0.25, -0.2) is 12.7 Å². The summed E-state index contributed by atoms with van der Waals surface area (Å²) in [5.41, 5.74) is 0.815. The first-order chi connectivity index (χ1) is 8.73. The number of hydrogen-bond donors (Lipinski definition) is 1. The Morgan fingerprint density at radius 2 is 1.79 bits per heavy atom. The minimum Gasteiger partial charge on any atom is -0.382 e. The summed E-state index contributed by atoms with van der Waals surface area (Å²) in [5, 5.41) is 3.18. The van der Waals surface area contributed by atoms with E-state index in [2.05, 4.69) is 5.32 Å². The van der Waals surface area contributed by atoms with Crippen LogP contribution in [-0.4, -0.2) is 49.1 Å². The molecule has 2 unspecified atom stereocenters. The van der Waals surface area contributed by atoms with Crippen LogP contribution in [0.4, 0.5) is 5.69 Å². The van der Waals surface area contributed by atoms with Crippen molar-refractivity contribution in [2.75, 3.05) is 31.4 Å². The summed E-state index contributed by atoms with van der Waals surface area (Å²) in [6.45, 7) is 1.94. The molecule has 1 aromatic carbocycles. The van der Waals surface area contributed by atoms with Crippen molar-refractivity contribution < 1.29 is 12.6 Å². The van der Waals surface area contributed by atoms with Crippen LogP contribution in [0.3, 0.4) is 0 Å². The van der Waals surface area contributed by atoms with Crippen molar-refractivity contribution in [2.24, 2.45) is 0 Å². The SMILES string of the molecule is CC(CS(C)=O)Nc1ccc(S(=O)(=O)N(C)C)cc1. The molecule has 0 aliphatic rings. The molecule has 1 N–H and O–H groups in total. The largest absolute Gasteiger partial charge is 0.382 e. The quantitative estimate of drug-likeness (QED) is 0.855. The van der Waals surface area contributed by atoms with E-state index in [1.165, 1.54) is 18.4 Å². The van der Waals surface area contributed by atoms with Gasteiger partial charge in [0.15, 0.2) is 0 Å². The average molecular weight is 304 g/mol. The van der Waals surface area contributed by atoms with Gasteiger partial charge in [0, 0.05) is 48.6 Å². The zero-order valence-corrected chi connectivity index (χ0v) is 13.2. The third-order valence-electron chi connectivity index (χ3n) is 2.53. The fourth-order valence-corrected chi connectivity index (χ4v) is 3.30. The Bertz CT molecular complexity index is 539.